The standard InChI is InChI=1S/C6H11OP/c1-2-3-6(8-7)4-5-6/h2-5H2,1H3. The van der Waals surface area contributed by atoms with Gasteiger partial charge >= 0.3 is 0 Å². The molecular weight excluding hydrogens is 119 g/mol. The van der Waals surface area contributed by atoms with Crippen LogP contribution in [0, 0.1) is 0 Å². The summed E-state index contributed by atoms with van der Waals surface area (Å²) in [6.45, 7) is 2.14. The summed E-state index contributed by atoms with van der Waals surface area (Å²) in [4.78, 5) is 0. The van der Waals surface area contributed by atoms with E-state index in [4.69, 9.17) is 0 Å². The average molecular weight is 130 g/mol. The van der Waals surface area contributed by atoms with E-state index in [2.05, 4.69) is 6.92 Å². The van der Waals surface area contributed by atoms with E-state index >= 15 is 0 Å². The van der Waals surface area contributed by atoms with Gasteiger partial charge in [-0.05, 0) is 19.3 Å². The van der Waals surface area contributed by atoms with Crippen molar-refractivity contribution in [3.63, 3.8) is 0 Å². The fourth-order valence-corrected chi connectivity index (χ4v) is 1.61. The van der Waals surface area contributed by atoms with Crippen molar-refractivity contribution >= 4 is 8.46 Å². The molecule has 0 atom stereocenters. The Bertz CT molecular complexity index is 96.7. The number of hydrogen-bond donors (Lipinski definition) is 0. The molecule has 0 saturated heterocycles. The van der Waals surface area contributed by atoms with Gasteiger partial charge in [0.05, 0.1) is 5.16 Å². The molecular formula is C6H11OP. The molecule has 0 aromatic heterocycles. The molecule has 0 heterocycles. The first-order chi connectivity index (χ1) is 3.83. The molecule has 1 fully saturated rings. The fraction of sp³-hybridized carbons (Fsp3) is 1.00. The van der Waals surface area contributed by atoms with Crippen molar-refractivity contribution in [3.05, 3.63) is 0 Å². The molecule has 1 nitrogen and oxygen atoms in total. The molecule has 0 amide bonds. The first kappa shape index (κ1) is 6.22. The molecule has 8 heavy (non-hydrogen) atoms. The van der Waals surface area contributed by atoms with Gasteiger partial charge < -0.3 is 0 Å². The minimum atomic E-state index is 0.259. The van der Waals surface area contributed by atoms with Crippen molar-refractivity contribution in [2.45, 2.75) is 37.8 Å². The molecule has 1 aliphatic carbocycles. The van der Waals surface area contributed by atoms with E-state index in [1.165, 1.54) is 19.3 Å². The van der Waals surface area contributed by atoms with Crippen LogP contribution in [0.2, 0.25) is 0 Å². The lowest BCUT2D eigenvalue weighted by atomic mass is 10.2. The van der Waals surface area contributed by atoms with Crippen LogP contribution in [0.25, 0.3) is 0 Å². The van der Waals surface area contributed by atoms with E-state index in [0.717, 1.165) is 6.42 Å². The highest BCUT2D eigenvalue weighted by atomic mass is 31.1. The monoisotopic (exact) mass is 130 g/mol. The van der Waals surface area contributed by atoms with Crippen LogP contribution in [0.1, 0.15) is 32.6 Å². The summed E-state index contributed by atoms with van der Waals surface area (Å²) in [6.07, 6.45) is 4.70. The molecule has 1 rings (SSSR count). The van der Waals surface area contributed by atoms with E-state index in [-0.39, 0.29) is 5.16 Å². The predicted octanol–water partition coefficient (Wildman–Crippen LogP) is 2.61. The Morgan fingerprint density at radius 2 is 2.25 bits per heavy atom. The van der Waals surface area contributed by atoms with Gasteiger partial charge in [-0.2, -0.15) is 0 Å². The lowest BCUT2D eigenvalue weighted by Gasteiger charge is -1.98. The van der Waals surface area contributed by atoms with E-state index in [9.17, 15) is 4.57 Å². The molecule has 1 aliphatic rings. The maximum absolute atomic E-state index is 10.4. The van der Waals surface area contributed by atoms with E-state index in [0.29, 0.717) is 8.46 Å². The van der Waals surface area contributed by atoms with Crippen LogP contribution in [-0.4, -0.2) is 5.16 Å². The van der Waals surface area contributed by atoms with Gasteiger partial charge in [-0.3, -0.25) is 4.57 Å². The summed E-state index contributed by atoms with van der Waals surface area (Å²) in [5, 5.41) is 0.259. The molecule has 46 valence electrons. The topological polar surface area (TPSA) is 17.1 Å². The minimum absolute atomic E-state index is 0.259. The molecule has 0 N–H and O–H groups in total. The maximum atomic E-state index is 10.4. The van der Waals surface area contributed by atoms with Crippen molar-refractivity contribution in [2.75, 3.05) is 0 Å². The summed E-state index contributed by atoms with van der Waals surface area (Å²) >= 11 is 0. The van der Waals surface area contributed by atoms with Gasteiger partial charge in [0.1, 0.15) is 0 Å². The Hall–Kier alpha value is 0.100. The fourth-order valence-electron chi connectivity index (χ4n) is 0.997. The zero-order valence-electron chi connectivity index (χ0n) is 5.18. The third kappa shape index (κ3) is 1.08. The first-order valence-electron chi connectivity index (χ1n) is 3.17. The molecule has 0 radical (unpaired) electrons. The third-order valence-corrected chi connectivity index (χ3v) is 2.79. The van der Waals surface area contributed by atoms with Crippen LogP contribution >= 0.6 is 8.46 Å². The summed E-state index contributed by atoms with van der Waals surface area (Å²) in [5.41, 5.74) is 0. The van der Waals surface area contributed by atoms with Crippen molar-refractivity contribution in [1.29, 1.82) is 0 Å². The molecule has 0 aromatic rings. The summed E-state index contributed by atoms with van der Waals surface area (Å²) in [6, 6.07) is 0. The third-order valence-electron chi connectivity index (χ3n) is 1.74. The lowest BCUT2D eigenvalue weighted by Crippen LogP contribution is -1.94. The quantitative estimate of drug-likeness (QED) is 0.536. The second-order valence-electron chi connectivity index (χ2n) is 2.57. The normalized spacial score (nSPS) is 23.6. The van der Waals surface area contributed by atoms with Crippen LogP contribution in [0.3, 0.4) is 0 Å². The van der Waals surface area contributed by atoms with Crippen molar-refractivity contribution in [1.82, 2.24) is 0 Å². The Labute approximate surface area is 51.7 Å². The van der Waals surface area contributed by atoms with Crippen LogP contribution in [0.15, 0.2) is 0 Å². The van der Waals surface area contributed by atoms with Crippen molar-refractivity contribution in [3.8, 4) is 0 Å². The summed E-state index contributed by atoms with van der Waals surface area (Å²) in [7, 11) is 0.383. The van der Waals surface area contributed by atoms with Gasteiger partial charge in [-0.25, -0.2) is 0 Å². The average Bonchev–Trinajstić information content (AvgIpc) is 2.50. The van der Waals surface area contributed by atoms with Crippen LogP contribution in [0.4, 0.5) is 0 Å². The van der Waals surface area contributed by atoms with Gasteiger partial charge in [-0.1, -0.05) is 13.3 Å². The SMILES string of the molecule is CCCC1(P=O)CC1. The summed E-state index contributed by atoms with van der Waals surface area (Å²) in [5.74, 6) is 0. The second kappa shape index (κ2) is 2.14. The molecule has 0 aliphatic heterocycles. The summed E-state index contributed by atoms with van der Waals surface area (Å²) < 4.78 is 10.4. The second-order valence-corrected chi connectivity index (χ2v) is 3.70. The molecule has 0 aromatic carbocycles. The van der Waals surface area contributed by atoms with Crippen LogP contribution in [-0.2, 0) is 4.57 Å². The largest absolute Gasteiger partial charge is 0.274 e. The van der Waals surface area contributed by atoms with Crippen LogP contribution < -0.4 is 0 Å². The lowest BCUT2D eigenvalue weighted by molar-refractivity contribution is 0.582. The Morgan fingerprint density at radius 1 is 1.62 bits per heavy atom. The molecule has 1 saturated carbocycles. The highest BCUT2D eigenvalue weighted by molar-refractivity contribution is 7.26. The molecule has 0 bridgehead atoms. The highest BCUT2D eigenvalue weighted by Crippen LogP contribution is 2.50. The van der Waals surface area contributed by atoms with E-state index in [1.807, 2.05) is 0 Å². The molecule has 0 unspecified atom stereocenters. The van der Waals surface area contributed by atoms with Gasteiger partial charge in [0.2, 0.25) is 0 Å². The zero-order chi connectivity index (χ0) is 6.04. The zero-order valence-corrected chi connectivity index (χ0v) is 6.08. The Balaban J connectivity index is 2.30. The Kier molecular flexibility index (Phi) is 1.67. The van der Waals surface area contributed by atoms with Gasteiger partial charge in [-0.15, -0.1) is 0 Å². The van der Waals surface area contributed by atoms with Crippen LogP contribution in [0.5, 0.6) is 0 Å². The smallest absolute Gasteiger partial charge is 0.162 e. The Morgan fingerprint density at radius 3 is 2.38 bits per heavy atom. The minimum Gasteiger partial charge on any atom is -0.274 e. The van der Waals surface area contributed by atoms with Gasteiger partial charge in [0, 0.05) is 0 Å². The first-order valence-corrected chi connectivity index (χ1v) is 3.99. The van der Waals surface area contributed by atoms with E-state index in [1.54, 1.807) is 0 Å². The van der Waals surface area contributed by atoms with Crippen molar-refractivity contribution < 1.29 is 4.57 Å². The van der Waals surface area contributed by atoms with Crippen molar-refractivity contribution in [2.24, 2.45) is 0 Å². The number of rotatable bonds is 3. The molecule has 0 spiro atoms. The van der Waals surface area contributed by atoms with Gasteiger partial charge in [0.15, 0.2) is 8.46 Å². The molecule has 2 heteroatoms. The number of hydrogen-bond acceptors (Lipinski definition) is 1. The maximum Gasteiger partial charge on any atom is 0.162 e. The van der Waals surface area contributed by atoms with Gasteiger partial charge in [0.25, 0.3) is 0 Å². The predicted molar refractivity (Wildman–Crippen MR) is 34.5 cm³/mol. The van der Waals surface area contributed by atoms with E-state index < -0.39 is 0 Å². The highest BCUT2D eigenvalue weighted by Gasteiger charge is 2.42.